The smallest absolute Gasteiger partial charge is 0.357 e. The molecule has 11 heteroatoms. The van der Waals surface area contributed by atoms with Crippen LogP contribution in [0.1, 0.15) is 55.9 Å². The van der Waals surface area contributed by atoms with E-state index >= 15 is 0 Å². The van der Waals surface area contributed by atoms with Gasteiger partial charge >= 0.3 is 5.97 Å². The van der Waals surface area contributed by atoms with Gasteiger partial charge in [0, 0.05) is 18.2 Å². The van der Waals surface area contributed by atoms with Crippen molar-refractivity contribution in [3.63, 3.8) is 0 Å². The summed E-state index contributed by atoms with van der Waals surface area (Å²) in [4.78, 5) is 44.4. The predicted molar refractivity (Wildman–Crippen MR) is 143 cm³/mol. The van der Waals surface area contributed by atoms with Gasteiger partial charge in [0.25, 0.3) is 5.91 Å². The summed E-state index contributed by atoms with van der Waals surface area (Å²) in [7, 11) is 2.74. The Kier molecular flexibility index (Phi) is 8.75. The molecule has 3 aromatic carbocycles. The Morgan fingerprint density at radius 3 is 2.08 bits per heavy atom. The van der Waals surface area contributed by atoms with Crippen molar-refractivity contribution in [2.75, 3.05) is 27.3 Å². The van der Waals surface area contributed by atoms with Gasteiger partial charge in [0.1, 0.15) is 39.9 Å². The van der Waals surface area contributed by atoms with Gasteiger partial charge in [-0.3, -0.25) is 9.59 Å². The quantitative estimate of drug-likeness (QED) is 0.307. The van der Waals surface area contributed by atoms with E-state index in [1.54, 1.807) is 6.07 Å². The number of ether oxygens (including phenoxy) is 2. The summed E-state index contributed by atoms with van der Waals surface area (Å²) in [6.07, 6.45) is 2.17. The van der Waals surface area contributed by atoms with Crippen LogP contribution in [0.4, 0.5) is 0 Å². The molecule has 1 heterocycles. The second-order valence-corrected chi connectivity index (χ2v) is 9.24. The lowest BCUT2D eigenvalue weighted by molar-refractivity contribution is -0.110. The first-order valence-electron chi connectivity index (χ1n) is 12.6. The van der Waals surface area contributed by atoms with Gasteiger partial charge in [-0.2, -0.15) is 0 Å². The number of nitrogens with one attached hydrogen (secondary N) is 1. The van der Waals surface area contributed by atoms with Crippen LogP contribution in [0.2, 0.25) is 0 Å². The summed E-state index contributed by atoms with van der Waals surface area (Å²) < 4.78 is 10.5. The van der Waals surface area contributed by atoms with E-state index in [1.807, 2.05) is 0 Å². The summed E-state index contributed by atoms with van der Waals surface area (Å²) in [5, 5.41) is 35.1. The van der Waals surface area contributed by atoms with E-state index < -0.39 is 28.8 Å². The summed E-state index contributed by atoms with van der Waals surface area (Å²) in [6, 6.07) is 12.3. The Balaban J connectivity index is 1.48. The van der Waals surface area contributed by atoms with Crippen molar-refractivity contribution < 1.29 is 44.0 Å². The van der Waals surface area contributed by atoms with Crippen molar-refractivity contribution in [3.8, 4) is 28.7 Å². The number of hydrogen-bond donors (Lipinski definition) is 4. The maximum Gasteiger partial charge on any atom is 0.357 e. The summed E-state index contributed by atoms with van der Waals surface area (Å²) >= 11 is 0. The van der Waals surface area contributed by atoms with Crippen LogP contribution in [0, 0.1) is 0 Å². The average Bonchev–Trinajstić information content (AvgIpc) is 3.16. The van der Waals surface area contributed by atoms with Crippen LogP contribution in [-0.2, 0) is 4.84 Å². The number of aromatic hydroxyl groups is 3. The fourth-order valence-electron chi connectivity index (χ4n) is 4.52. The molecule has 40 heavy (non-hydrogen) atoms. The molecule has 0 aromatic heterocycles. The third-order valence-electron chi connectivity index (χ3n) is 6.53. The van der Waals surface area contributed by atoms with E-state index in [2.05, 4.69) is 5.32 Å². The molecule has 1 atom stereocenters. The van der Waals surface area contributed by atoms with Crippen LogP contribution in [-0.4, -0.2) is 71.4 Å². The Morgan fingerprint density at radius 2 is 1.48 bits per heavy atom. The average molecular weight is 551 g/mol. The highest BCUT2D eigenvalue weighted by atomic mass is 16.7. The van der Waals surface area contributed by atoms with Gasteiger partial charge in [-0.15, -0.1) is 5.06 Å². The number of nitrogens with zero attached hydrogens (tertiary/aromatic N) is 1. The Morgan fingerprint density at radius 1 is 0.850 bits per heavy atom. The largest absolute Gasteiger partial charge is 0.508 e. The molecule has 1 unspecified atom stereocenters. The van der Waals surface area contributed by atoms with Gasteiger partial charge in [0.15, 0.2) is 0 Å². The molecule has 4 rings (SSSR count). The van der Waals surface area contributed by atoms with Gasteiger partial charge in [0.05, 0.1) is 26.3 Å². The van der Waals surface area contributed by atoms with Gasteiger partial charge < -0.3 is 34.9 Å². The Hall–Kier alpha value is -4.77. The zero-order valence-electron chi connectivity index (χ0n) is 22.0. The first-order chi connectivity index (χ1) is 19.2. The number of carbonyl (C=O) groups excluding carboxylic acids is 3. The minimum Gasteiger partial charge on any atom is -0.508 e. The first-order valence-corrected chi connectivity index (χ1v) is 12.6. The molecule has 1 fully saturated rings. The van der Waals surface area contributed by atoms with Crippen LogP contribution in [0.5, 0.6) is 28.7 Å². The minimum absolute atomic E-state index is 0.00149. The molecular formula is C29H30N2O9. The third kappa shape index (κ3) is 6.26. The van der Waals surface area contributed by atoms with Gasteiger partial charge in [0.2, 0.25) is 5.78 Å². The topological polar surface area (TPSA) is 155 Å². The molecular weight excluding hydrogens is 520 g/mol. The van der Waals surface area contributed by atoms with Crippen LogP contribution >= 0.6 is 0 Å². The number of phenols is 3. The predicted octanol–water partition coefficient (Wildman–Crippen LogP) is 3.41. The summed E-state index contributed by atoms with van der Waals surface area (Å²) in [6.45, 7) is 0.636. The number of ketones is 1. The molecule has 0 aliphatic carbocycles. The van der Waals surface area contributed by atoms with Crippen LogP contribution in [0.3, 0.4) is 0 Å². The maximum atomic E-state index is 13.3. The Labute approximate surface area is 230 Å². The molecule has 0 saturated carbocycles. The monoisotopic (exact) mass is 550 g/mol. The number of amides is 1. The molecule has 0 radical (unpaired) electrons. The number of carbonyl (C=O) groups is 3. The lowest BCUT2D eigenvalue weighted by atomic mass is 9.98. The number of methoxy groups -OCH3 is 2. The second kappa shape index (κ2) is 12.4. The van der Waals surface area contributed by atoms with Gasteiger partial charge in [-0.25, -0.2) is 4.79 Å². The number of benzene rings is 3. The van der Waals surface area contributed by atoms with E-state index in [4.69, 9.17) is 14.3 Å². The van der Waals surface area contributed by atoms with Crippen molar-refractivity contribution in [2.45, 2.75) is 25.3 Å². The lowest BCUT2D eigenvalue weighted by Gasteiger charge is -2.24. The normalized spacial score (nSPS) is 15.5. The summed E-state index contributed by atoms with van der Waals surface area (Å²) in [5.74, 6) is -2.77. The highest BCUT2D eigenvalue weighted by molar-refractivity contribution is 6.16. The van der Waals surface area contributed by atoms with E-state index in [0.29, 0.717) is 24.9 Å². The second-order valence-electron chi connectivity index (χ2n) is 9.24. The van der Waals surface area contributed by atoms with Crippen molar-refractivity contribution in [2.24, 2.45) is 0 Å². The fourth-order valence-corrected chi connectivity index (χ4v) is 4.52. The van der Waals surface area contributed by atoms with E-state index in [-0.39, 0.29) is 46.9 Å². The molecule has 4 N–H and O–H groups in total. The van der Waals surface area contributed by atoms with Gasteiger partial charge in [-0.05, 0) is 67.8 Å². The van der Waals surface area contributed by atoms with Crippen LogP contribution < -0.4 is 14.8 Å². The van der Waals surface area contributed by atoms with E-state index in [1.165, 1.54) is 55.7 Å². The SMILES string of the molecule is COc1cccc(OC)c1C(=O)c1c(O)cc(C(=O)ON2CCCCC(NC(=O)c3ccc(O)cc3)C2)cc1O. The molecule has 1 aliphatic rings. The first kappa shape index (κ1) is 28.2. The van der Waals surface area contributed by atoms with Crippen molar-refractivity contribution in [1.82, 2.24) is 10.4 Å². The molecule has 1 saturated heterocycles. The standard InChI is InChI=1S/C29H30N2O9/c1-38-23-7-5-8-24(39-2)26(23)27(35)25-21(33)14-18(15-22(25)34)29(37)40-31-13-4-3-6-19(16-31)30-28(36)17-9-11-20(32)12-10-17/h5,7-12,14-15,19,32-34H,3-4,6,13,16H2,1-2H3,(H,30,36). The molecule has 1 amide bonds. The van der Waals surface area contributed by atoms with Crippen molar-refractivity contribution in [1.29, 1.82) is 0 Å². The number of phenolic OH excluding ortho intramolecular Hbond substituents is 3. The fraction of sp³-hybridized carbons (Fsp3) is 0.276. The van der Waals surface area contributed by atoms with E-state index in [0.717, 1.165) is 18.6 Å². The van der Waals surface area contributed by atoms with Crippen LogP contribution in [0.15, 0.2) is 54.6 Å². The number of hydrogen-bond acceptors (Lipinski definition) is 10. The van der Waals surface area contributed by atoms with Crippen molar-refractivity contribution >= 4 is 17.7 Å². The molecule has 0 bridgehead atoms. The Bertz CT molecular complexity index is 1360. The number of rotatable bonds is 8. The third-order valence-corrected chi connectivity index (χ3v) is 6.53. The zero-order chi connectivity index (χ0) is 28.8. The molecule has 3 aromatic rings. The highest BCUT2D eigenvalue weighted by Crippen LogP contribution is 2.37. The molecule has 1 aliphatic heterocycles. The molecule has 210 valence electrons. The van der Waals surface area contributed by atoms with E-state index in [9.17, 15) is 29.7 Å². The highest BCUT2D eigenvalue weighted by Gasteiger charge is 2.28. The summed E-state index contributed by atoms with van der Waals surface area (Å²) in [5.41, 5.74) is -0.214. The lowest BCUT2D eigenvalue weighted by Crippen LogP contribution is -2.43. The van der Waals surface area contributed by atoms with Crippen molar-refractivity contribution in [3.05, 3.63) is 76.9 Å². The van der Waals surface area contributed by atoms with Crippen LogP contribution in [0.25, 0.3) is 0 Å². The number of hydroxylamine groups is 2. The minimum atomic E-state index is -0.856. The zero-order valence-corrected chi connectivity index (χ0v) is 22.0. The van der Waals surface area contributed by atoms with Gasteiger partial charge in [-0.1, -0.05) is 6.07 Å². The molecule has 0 spiro atoms. The molecule has 11 nitrogen and oxygen atoms in total. The maximum absolute atomic E-state index is 13.3.